The number of nitrogens with two attached hydrogens (primary N) is 2. The fraction of sp³-hybridized carbons (Fsp3) is 0.615. The Morgan fingerprint density at radius 3 is 2.30 bits per heavy atom. The maximum absolute atomic E-state index is 13.5. The largest absolute Gasteiger partial charge is 0.508 e. The topological polar surface area (TPSA) is 188 Å². The molecule has 1 aromatic rings. The minimum Gasteiger partial charge on any atom is -0.508 e. The zero-order valence-electron chi connectivity index (χ0n) is 21.7. The van der Waals surface area contributed by atoms with Gasteiger partial charge in [-0.15, -0.1) is 0 Å². The highest BCUT2D eigenvalue weighted by atomic mass is 16.4. The second-order valence-electron chi connectivity index (χ2n) is 10.0. The third-order valence-corrected chi connectivity index (χ3v) is 6.45. The number of benzene rings is 1. The number of carboxylic acid groups (broad SMARTS) is 1. The molecule has 0 spiro atoms. The van der Waals surface area contributed by atoms with Crippen LogP contribution in [-0.2, 0) is 25.6 Å². The monoisotopic (exact) mass is 519 g/mol. The average Bonchev–Trinajstić information content (AvgIpc) is 3.34. The van der Waals surface area contributed by atoms with E-state index in [0.717, 1.165) is 0 Å². The number of phenols is 1. The standard InChI is InChI=1S/C26H41N5O6/c1-16(2)14-19(28)23(33)29-20(6-3-4-12-27)24(34)30-21(15-17-8-10-18(32)11-9-17)25(35)31-13-5-7-22(31)26(36)37/h8-11,16,19-22,32H,3-7,12-15,27-28H2,1-2H3,(H,29,33)(H,30,34)(H,36,37). The van der Waals surface area contributed by atoms with Gasteiger partial charge in [0.1, 0.15) is 23.9 Å². The number of aliphatic carboxylic acids is 1. The molecule has 0 radical (unpaired) electrons. The number of rotatable bonds is 14. The van der Waals surface area contributed by atoms with Crippen LogP contribution < -0.4 is 22.1 Å². The quantitative estimate of drug-likeness (QED) is 0.191. The van der Waals surface area contributed by atoms with Gasteiger partial charge in [0, 0.05) is 13.0 Å². The first-order chi connectivity index (χ1) is 17.5. The molecule has 11 nitrogen and oxygen atoms in total. The summed E-state index contributed by atoms with van der Waals surface area (Å²) < 4.78 is 0. The highest BCUT2D eigenvalue weighted by Gasteiger charge is 2.38. The van der Waals surface area contributed by atoms with Gasteiger partial charge in [0.05, 0.1) is 6.04 Å². The Labute approximate surface area is 217 Å². The highest BCUT2D eigenvalue weighted by Crippen LogP contribution is 2.20. The number of unbranched alkanes of at least 4 members (excludes halogenated alkanes) is 1. The molecule has 4 unspecified atom stereocenters. The molecule has 0 aliphatic carbocycles. The summed E-state index contributed by atoms with van der Waals surface area (Å²) in [6.07, 6.45) is 2.98. The Balaban J connectivity index is 2.25. The van der Waals surface area contributed by atoms with E-state index in [9.17, 15) is 29.4 Å². The number of likely N-dealkylation sites (tertiary alicyclic amines) is 1. The van der Waals surface area contributed by atoms with E-state index in [0.29, 0.717) is 50.6 Å². The van der Waals surface area contributed by atoms with Gasteiger partial charge in [-0.25, -0.2) is 4.79 Å². The Morgan fingerprint density at radius 2 is 1.70 bits per heavy atom. The van der Waals surface area contributed by atoms with Crippen molar-refractivity contribution in [2.45, 2.75) is 83.0 Å². The Bertz CT molecular complexity index is 923. The lowest BCUT2D eigenvalue weighted by Crippen LogP contribution is -2.57. The summed E-state index contributed by atoms with van der Waals surface area (Å²) >= 11 is 0. The normalized spacial score (nSPS) is 17.8. The molecule has 37 heavy (non-hydrogen) atoms. The third-order valence-electron chi connectivity index (χ3n) is 6.45. The first kappa shape index (κ1) is 30.0. The number of nitrogens with one attached hydrogen (secondary N) is 2. The van der Waals surface area contributed by atoms with Crippen LogP contribution in [-0.4, -0.2) is 76.1 Å². The van der Waals surface area contributed by atoms with Crippen molar-refractivity contribution in [3.05, 3.63) is 29.8 Å². The van der Waals surface area contributed by atoms with E-state index >= 15 is 0 Å². The zero-order chi connectivity index (χ0) is 27.5. The van der Waals surface area contributed by atoms with Crippen LogP contribution in [0.15, 0.2) is 24.3 Å². The number of hydrogen-bond donors (Lipinski definition) is 6. The molecule has 1 aliphatic rings. The molecule has 11 heteroatoms. The van der Waals surface area contributed by atoms with Crippen molar-refractivity contribution >= 4 is 23.7 Å². The second kappa shape index (κ2) is 14.5. The minimum atomic E-state index is -1.09. The van der Waals surface area contributed by atoms with Crippen LogP contribution in [0.2, 0.25) is 0 Å². The molecule has 0 bridgehead atoms. The molecule has 1 fully saturated rings. The molecular formula is C26H41N5O6. The van der Waals surface area contributed by atoms with E-state index < -0.39 is 47.9 Å². The summed E-state index contributed by atoms with van der Waals surface area (Å²) in [6, 6.07) is 2.48. The van der Waals surface area contributed by atoms with Crippen molar-refractivity contribution in [2.24, 2.45) is 17.4 Å². The van der Waals surface area contributed by atoms with Gasteiger partial charge in [-0.2, -0.15) is 0 Å². The minimum absolute atomic E-state index is 0.0570. The number of carbonyl (C=O) groups excluding carboxylic acids is 3. The van der Waals surface area contributed by atoms with Crippen LogP contribution in [0.4, 0.5) is 0 Å². The molecule has 1 aromatic carbocycles. The van der Waals surface area contributed by atoms with Crippen molar-refractivity contribution in [1.82, 2.24) is 15.5 Å². The van der Waals surface area contributed by atoms with Gasteiger partial charge in [-0.3, -0.25) is 14.4 Å². The zero-order valence-corrected chi connectivity index (χ0v) is 21.7. The Hall–Kier alpha value is -3.18. The van der Waals surface area contributed by atoms with Crippen molar-refractivity contribution in [3.63, 3.8) is 0 Å². The maximum atomic E-state index is 13.5. The summed E-state index contributed by atoms with van der Waals surface area (Å²) in [7, 11) is 0. The molecule has 1 heterocycles. The van der Waals surface area contributed by atoms with Crippen LogP contribution >= 0.6 is 0 Å². The van der Waals surface area contributed by atoms with Crippen LogP contribution in [0.1, 0.15) is 57.9 Å². The predicted octanol–water partition coefficient (Wildman–Crippen LogP) is 0.482. The SMILES string of the molecule is CC(C)CC(N)C(=O)NC(CCCCN)C(=O)NC(Cc1ccc(O)cc1)C(=O)N1CCCC1C(=O)O. The van der Waals surface area contributed by atoms with E-state index in [2.05, 4.69) is 10.6 Å². The molecule has 0 aromatic heterocycles. The summed E-state index contributed by atoms with van der Waals surface area (Å²) in [5.41, 5.74) is 12.3. The number of phenolic OH excluding ortho intramolecular Hbond substituents is 1. The number of carboxylic acids is 1. The van der Waals surface area contributed by atoms with Gasteiger partial charge in [0.25, 0.3) is 0 Å². The molecule has 3 amide bonds. The third kappa shape index (κ3) is 9.32. The summed E-state index contributed by atoms with van der Waals surface area (Å²) in [5, 5.41) is 24.6. The van der Waals surface area contributed by atoms with Crippen molar-refractivity contribution in [3.8, 4) is 5.75 Å². The van der Waals surface area contributed by atoms with Gasteiger partial charge in [-0.05, 0) is 68.7 Å². The van der Waals surface area contributed by atoms with E-state index in [1.807, 2.05) is 13.8 Å². The molecule has 1 saturated heterocycles. The summed E-state index contributed by atoms with van der Waals surface area (Å²) in [5.74, 6) is -2.35. The molecule has 8 N–H and O–H groups in total. The Kier molecular flexibility index (Phi) is 11.8. The summed E-state index contributed by atoms with van der Waals surface area (Å²) in [6.45, 7) is 4.60. The lowest BCUT2D eigenvalue weighted by molar-refractivity contribution is -0.149. The predicted molar refractivity (Wildman–Crippen MR) is 138 cm³/mol. The number of aromatic hydroxyl groups is 1. The van der Waals surface area contributed by atoms with Crippen molar-refractivity contribution < 1.29 is 29.4 Å². The van der Waals surface area contributed by atoms with Crippen LogP contribution in [0.3, 0.4) is 0 Å². The van der Waals surface area contributed by atoms with Gasteiger partial charge >= 0.3 is 5.97 Å². The van der Waals surface area contributed by atoms with Gasteiger partial charge < -0.3 is 37.2 Å². The average molecular weight is 520 g/mol. The molecular weight excluding hydrogens is 478 g/mol. The lowest BCUT2D eigenvalue weighted by Gasteiger charge is -2.29. The molecule has 4 atom stereocenters. The molecule has 206 valence electrons. The molecule has 0 saturated carbocycles. The fourth-order valence-corrected chi connectivity index (χ4v) is 4.48. The number of amides is 3. The maximum Gasteiger partial charge on any atom is 0.326 e. The van der Waals surface area contributed by atoms with E-state index in [4.69, 9.17) is 11.5 Å². The van der Waals surface area contributed by atoms with Crippen LogP contribution in [0.5, 0.6) is 5.75 Å². The lowest BCUT2D eigenvalue weighted by atomic mass is 10.0. The first-order valence-electron chi connectivity index (χ1n) is 12.9. The fourth-order valence-electron chi connectivity index (χ4n) is 4.48. The second-order valence-corrected chi connectivity index (χ2v) is 10.0. The smallest absolute Gasteiger partial charge is 0.326 e. The van der Waals surface area contributed by atoms with Gasteiger partial charge in [-0.1, -0.05) is 26.0 Å². The number of hydrogen-bond acceptors (Lipinski definition) is 7. The Morgan fingerprint density at radius 1 is 1.05 bits per heavy atom. The van der Waals surface area contributed by atoms with E-state index in [1.165, 1.54) is 17.0 Å². The van der Waals surface area contributed by atoms with Crippen LogP contribution in [0.25, 0.3) is 0 Å². The van der Waals surface area contributed by atoms with Crippen LogP contribution in [0, 0.1) is 5.92 Å². The van der Waals surface area contributed by atoms with Crippen molar-refractivity contribution in [2.75, 3.05) is 13.1 Å². The molecule has 2 rings (SSSR count). The first-order valence-corrected chi connectivity index (χ1v) is 12.9. The van der Waals surface area contributed by atoms with Gasteiger partial charge in [0.2, 0.25) is 17.7 Å². The van der Waals surface area contributed by atoms with E-state index in [1.54, 1.807) is 12.1 Å². The number of nitrogens with zero attached hydrogens (tertiary/aromatic N) is 1. The summed E-state index contributed by atoms with van der Waals surface area (Å²) in [4.78, 5) is 52.5. The van der Waals surface area contributed by atoms with E-state index in [-0.39, 0.29) is 24.6 Å². The highest BCUT2D eigenvalue weighted by molar-refractivity contribution is 5.94. The number of carbonyl (C=O) groups is 4. The van der Waals surface area contributed by atoms with Crippen molar-refractivity contribution in [1.29, 1.82) is 0 Å². The van der Waals surface area contributed by atoms with Gasteiger partial charge in [0.15, 0.2) is 0 Å². The molecule has 1 aliphatic heterocycles.